The Bertz CT molecular complexity index is 806. The van der Waals surface area contributed by atoms with E-state index in [2.05, 4.69) is 21.2 Å². The highest BCUT2D eigenvalue weighted by Crippen LogP contribution is 2.47. The number of anilines is 1. The first-order valence-electron chi connectivity index (χ1n) is 7.19. The van der Waals surface area contributed by atoms with Crippen LogP contribution in [0.3, 0.4) is 0 Å². The second kappa shape index (κ2) is 8.11. The number of nitrogens with one attached hydrogen (secondary N) is 1. The topological polar surface area (TPSA) is 88.8 Å². The van der Waals surface area contributed by atoms with Gasteiger partial charge in [0.1, 0.15) is 0 Å². The van der Waals surface area contributed by atoms with Crippen LogP contribution >= 0.6 is 15.9 Å². The molecule has 6 nitrogen and oxygen atoms in total. The zero-order valence-corrected chi connectivity index (χ0v) is 14.7. The smallest absolute Gasteiger partial charge is 0.308 e. The fourth-order valence-electron chi connectivity index (χ4n) is 2.01. The molecule has 0 aliphatic heterocycles. The molecule has 1 amide bonds. The van der Waals surface area contributed by atoms with Crippen molar-refractivity contribution in [3.05, 3.63) is 29.8 Å². The van der Waals surface area contributed by atoms with E-state index in [1.54, 1.807) is 0 Å². The van der Waals surface area contributed by atoms with Gasteiger partial charge in [0.15, 0.2) is 17.4 Å². The molecule has 0 spiro atoms. The van der Waals surface area contributed by atoms with Crippen molar-refractivity contribution in [2.24, 2.45) is 0 Å². The Labute approximate surface area is 149 Å². The first kappa shape index (κ1) is 18.9. The highest BCUT2D eigenvalue weighted by atomic mass is 79.9. The average Bonchev–Trinajstić information content (AvgIpc) is 2.84. The third-order valence-electron chi connectivity index (χ3n) is 3.07. The molecule has 0 aliphatic rings. The number of carbonyl (C=O) groups excluding carboxylic acids is 2. The third-order valence-corrected chi connectivity index (χ3v) is 3.63. The van der Waals surface area contributed by atoms with Crippen molar-refractivity contribution in [1.82, 2.24) is 0 Å². The number of benzene rings is 1. The van der Waals surface area contributed by atoms with Crippen molar-refractivity contribution in [2.45, 2.75) is 19.8 Å². The predicted octanol–water partition coefficient (Wildman–Crippen LogP) is 3.97. The summed E-state index contributed by atoms with van der Waals surface area (Å²) in [6.07, 6.45) is 0.669. The van der Waals surface area contributed by atoms with Gasteiger partial charge in [-0.3, -0.25) is 14.9 Å². The minimum Gasteiger partial charge on any atom is -0.502 e. The fraction of sp³-hybridized carbons (Fsp3) is 0.250. The minimum atomic E-state index is -1.25. The van der Waals surface area contributed by atoms with Gasteiger partial charge in [-0.25, -0.2) is 8.78 Å². The average molecular weight is 418 g/mol. The van der Waals surface area contributed by atoms with Gasteiger partial charge in [-0.05, 0) is 18.6 Å². The lowest BCUT2D eigenvalue weighted by Crippen LogP contribution is -2.12. The van der Waals surface area contributed by atoms with Crippen LogP contribution in [0.25, 0.3) is 11.3 Å². The number of hydrogen-bond acceptors (Lipinski definition) is 5. The van der Waals surface area contributed by atoms with E-state index in [0.29, 0.717) is 11.8 Å². The molecule has 2 rings (SSSR count). The first-order valence-corrected chi connectivity index (χ1v) is 8.31. The Morgan fingerprint density at radius 3 is 2.72 bits per heavy atom. The third kappa shape index (κ3) is 4.36. The highest BCUT2D eigenvalue weighted by Gasteiger charge is 2.27. The molecular formula is C16H14BrF2NO5. The number of esters is 1. The molecule has 1 heterocycles. The standard InChI is InChI=1S/C16H14BrF2NO5/c1-8(21)24-15-13(23)14(9-4-2-5-10(18)12(9)19)25-16(15)20-11(22)6-3-7-17/h2,4-5,23H,3,6-7H2,1H3,(H,20,22). The van der Waals surface area contributed by atoms with Gasteiger partial charge >= 0.3 is 5.97 Å². The SMILES string of the molecule is CC(=O)Oc1c(NC(=O)CCCBr)oc(-c2cccc(F)c2F)c1O. The minimum absolute atomic E-state index is 0.135. The molecule has 2 N–H and O–H groups in total. The van der Waals surface area contributed by atoms with Crippen molar-refractivity contribution in [2.75, 3.05) is 10.6 Å². The zero-order valence-electron chi connectivity index (χ0n) is 13.1. The van der Waals surface area contributed by atoms with Gasteiger partial charge in [0.05, 0.1) is 5.56 Å². The molecule has 1 aromatic heterocycles. The summed E-state index contributed by atoms with van der Waals surface area (Å²) >= 11 is 3.18. The van der Waals surface area contributed by atoms with Crippen LogP contribution in [0.2, 0.25) is 0 Å². The lowest BCUT2D eigenvalue weighted by Gasteiger charge is -2.04. The molecule has 0 atom stereocenters. The molecule has 0 unspecified atom stereocenters. The van der Waals surface area contributed by atoms with Gasteiger partial charge in [-0.2, -0.15) is 0 Å². The van der Waals surface area contributed by atoms with Crippen LogP contribution in [0.4, 0.5) is 14.7 Å². The first-order chi connectivity index (χ1) is 11.8. The van der Waals surface area contributed by atoms with Crippen LogP contribution in [-0.4, -0.2) is 22.3 Å². The predicted molar refractivity (Wildman–Crippen MR) is 88.7 cm³/mol. The fourth-order valence-corrected chi connectivity index (χ4v) is 2.29. The molecule has 1 aromatic carbocycles. The highest BCUT2D eigenvalue weighted by molar-refractivity contribution is 9.09. The maximum absolute atomic E-state index is 14.0. The second-order valence-electron chi connectivity index (χ2n) is 4.97. The summed E-state index contributed by atoms with van der Waals surface area (Å²) in [6, 6.07) is 3.29. The number of furan rings is 1. The molecule has 0 fully saturated rings. The van der Waals surface area contributed by atoms with E-state index in [4.69, 9.17) is 9.15 Å². The molecule has 25 heavy (non-hydrogen) atoms. The number of carbonyl (C=O) groups is 2. The van der Waals surface area contributed by atoms with Crippen LogP contribution in [0.1, 0.15) is 19.8 Å². The van der Waals surface area contributed by atoms with Crippen LogP contribution in [0, 0.1) is 11.6 Å². The number of alkyl halides is 1. The molecule has 134 valence electrons. The van der Waals surface area contributed by atoms with Crippen LogP contribution in [-0.2, 0) is 9.59 Å². The van der Waals surface area contributed by atoms with Crippen LogP contribution in [0.5, 0.6) is 11.5 Å². The molecule has 0 radical (unpaired) electrons. The van der Waals surface area contributed by atoms with E-state index in [0.717, 1.165) is 13.0 Å². The maximum atomic E-state index is 14.0. The van der Waals surface area contributed by atoms with Crippen molar-refractivity contribution in [1.29, 1.82) is 0 Å². The summed E-state index contributed by atoms with van der Waals surface area (Å²) < 4.78 is 37.4. The van der Waals surface area contributed by atoms with E-state index in [1.807, 2.05) is 0 Å². The van der Waals surface area contributed by atoms with E-state index in [1.165, 1.54) is 12.1 Å². The lowest BCUT2D eigenvalue weighted by molar-refractivity contribution is -0.132. The number of rotatable bonds is 6. The molecule has 2 aromatic rings. The number of hydrogen-bond donors (Lipinski definition) is 2. The molecular weight excluding hydrogens is 404 g/mol. The monoisotopic (exact) mass is 417 g/mol. The Morgan fingerprint density at radius 1 is 1.36 bits per heavy atom. The summed E-state index contributed by atoms with van der Waals surface area (Å²) in [5, 5.41) is 13.1. The molecule has 0 saturated carbocycles. The summed E-state index contributed by atoms with van der Waals surface area (Å²) in [7, 11) is 0. The van der Waals surface area contributed by atoms with Crippen molar-refractivity contribution in [3.8, 4) is 22.8 Å². The number of ether oxygens (including phenoxy) is 1. The van der Waals surface area contributed by atoms with Crippen molar-refractivity contribution < 1.29 is 32.6 Å². The lowest BCUT2D eigenvalue weighted by atomic mass is 10.1. The van der Waals surface area contributed by atoms with E-state index in [-0.39, 0.29) is 17.9 Å². The van der Waals surface area contributed by atoms with Crippen LogP contribution in [0.15, 0.2) is 22.6 Å². The molecule has 0 aliphatic carbocycles. The number of amides is 1. The zero-order chi connectivity index (χ0) is 18.6. The Kier molecular flexibility index (Phi) is 6.13. The Hall–Kier alpha value is -2.42. The summed E-state index contributed by atoms with van der Waals surface area (Å²) in [4.78, 5) is 23.1. The van der Waals surface area contributed by atoms with Gasteiger partial charge in [0.2, 0.25) is 23.3 Å². The summed E-state index contributed by atoms with van der Waals surface area (Å²) in [5.74, 6) is -5.70. The van der Waals surface area contributed by atoms with Gasteiger partial charge in [-0.15, -0.1) is 0 Å². The molecule has 0 bridgehead atoms. The van der Waals surface area contributed by atoms with Gasteiger partial charge in [0, 0.05) is 18.7 Å². The normalized spacial score (nSPS) is 10.6. The number of aromatic hydroxyl groups is 1. The maximum Gasteiger partial charge on any atom is 0.308 e. The number of halogens is 3. The summed E-state index contributed by atoms with van der Waals surface area (Å²) in [5.41, 5.74) is -0.383. The van der Waals surface area contributed by atoms with Gasteiger partial charge < -0.3 is 14.3 Å². The van der Waals surface area contributed by atoms with Crippen molar-refractivity contribution >= 4 is 33.7 Å². The Morgan fingerprint density at radius 2 is 2.08 bits per heavy atom. The second-order valence-corrected chi connectivity index (χ2v) is 5.77. The van der Waals surface area contributed by atoms with E-state index in [9.17, 15) is 23.5 Å². The summed E-state index contributed by atoms with van der Waals surface area (Å²) in [6.45, 7) is 1.07. The molecule has 9 heteroatoms. The van der Waals surface area contributed by atoms with Gasteiger partial charge in [-0.1, -0.05) is 22.0 Å². The van der Waals surface area contributed by atoms with E-state index >= 15 is 0 Å². The quantitative estimate of drug-likeness (QED) is 0.548. The molecule has 0 saturated heterocycles. The van der Waals surface area contributed by atoms with Crippen LogP contribution < -0.4 is 10.1 Å². The van der Waals surface area contributed by atoms with Crippen molar-refractivity contribution in [3.63, 3.8) is 0 Å². The van der Waals surface area contributed by atoms with Gasteiger partial charge in [0.25, 0.3) is 0 Å². The van der Waals surface area contributed by atoms with E-state index < -0.39 is 40.8 Å². The Balaban J connectivity index is 2.47. The largest absolute Gasteiger partial charge is 0.502 e.